The highest BCUT2D eigenvalue weighted by Crippen LogP contribution is 2.28. The van der Waals surface area contributed by atoms with Gasteiger partial charge in [0.2, 0.25) is 0 Å². The first-order valence-electron chi connectivity index (χ1n) is 12.3. The maximum absolute atomic E-state index is 15.2. The van der Waals surface area contributed by atoms with Crippen molar-refractivity contribution in [2.75, 3.05) is 0 Å². The van der Waals surface area contributed by atoms with E-state index in [2.05, 4.69) is 15.2 Å². The number of rotatable bonds is 6. The molecule has 0 atom stereocenters. The summed E-state index contributed by atoms with van der Waals surface area (Å²) in [7, 11) is 0. The first-order chi connectivity index (χ1) is 18.6. The highest BCUT2D eigenvalue weighted by atomic mass is 19.1. The molecule has 3 heterocycles. The van der Waals surface area contributed by atoms with Crippen LogP contribution in [-0.4, -0.2) is 35.6 Å². The number of benzene rings is 2. The van der Waals surface area contributed by atoms with Gasteiger partial charge in [-0.1, -0.05) is 32.9 Å². The molecule has 2 aromatic carbocycles. The van der Waals surface area contributed by atoms with Gasteiger partial charge in [-0.15, -0.1) is 0 Å². The number of aliphatic hydroxyl groups is 1. The lowest BCUT2D eigenvalue weighted by atomic mass is 9.86. The van der Waals surface area contributed by atoms with E-state index in [0.717, 1.165) is 10.2 Å². The van der Waals surface area contributed by atoms with Crippen molar-refractivity contribution in [2.24, 2.45) is 5.73 Å². The van der Waals surface area contributed by atoms with Crippen molar-refractivity contribution in [1.82, 2.24) is 24.5 Å². The first kappa shape index (κ1) is 25.9. The monoisotopic (exact) mass is 526 g/mol. The molecule has 10 heteroatoms. The third-order valence-corrected chi connectivity index (χ3v) is 6.60. The number of hydrogen-bond acceptors (Lipinski definition) is 6. The van der Waals surface area contributed by atoms with E-state index in [9.17, 15) is 14.7 Å². The summed E-state index contributed by atoms with van der Waals surface area (Å²) in [5.74, 6) is -1.30. The number of primary amides is 1. The molecule has 0 aliphatic carbocycles. The Morgan fingerprint density at radius 1 is 1.10 bits per heavy atom. The molecule has 0 aliphatic rings. The van der Waals surface area contributed by atoms with E-state index in [-0.39, 0.29) is 28.5 Å². The molecular weight excluding hydrogens is 499 g/mol. The average Bonchev–Trinajstić information content (AvgIpc) is 3.32. The third-order valence-electron chi connectivity index (χ3n) is 6.60. The summed E-state index contributed by atoms with van der Waals surface area (Å²) in [4.78, 5) is 29.9. The van der Waals surface area contributed by atoms with Gasteiger partial charge in [0.05, 0.1) is 40.8 Å². The minimum Gasteiger partial charge on any atom is -0.392 e. The maximum Gasteiger partial charge on any atom is 0.282 e. The maximum atomic E-state index is 15.2. The predicted octanol–water partition coefficient (Wildman–Crippen LogP) is 3.59. The van der Waals surface area contributed by atoms with Gasteiger partial charge in [0.25, 0.3) is 11.5 Å². The standard InChI is InChI=1S/C29H27FN6O3/c1-29(2,3)18-11-17-14-33-36(28(39)26(17)22(30)12-18)25-9-6-8-24(21(25)16-37)35-15-20(27(31)38)23(34-35)13-19-7-4-5-10-32-19/h4-12,14-15,37H,13,16H2,1-3H3,(H2,31,38). The minimum absolute atomic E-state index is 0.0972. The van der Waals surface area contributed by atoms with E-state index in [0.29, 0.717) is 28.0 Å². The molecule has 0 fully saturated rings. The number of pyridine rings is 1. The van der Waals surface area contributed by atoms with Gasteiger partial charge in [-0.05, 0) is 47.4 Å². The summed E-state index contributed by atoms with van der Waals surface area (Å²) in [6, 6.07) is 13.5. The number of fused-ring (bicyclic) bond motifs is 1. The van der Waals surface area contributed by atoms with E-state index in [1.165, 1.54) is 23.1 Å². The number of hydrogen-bond donors (Lipinski definition) is 2. The second-order valence-corrected chi connectivity index (χ2v) is 10.3. The van der Waals surface area contributed by atoms with Crippen molar-refractivity contribution in [3.05, 3.63) is 111 Å². The Bertz CT molecular complexity index is 1770. The number of halogens is 1. The summed E-state index contributed by atoms with van der Waals surface area (Å²) in [6.45, 7) is 5.40. The number of amides is 1. The normalized spacial score (nSPS) is 11.7. The molecular formula is C29H27FN6O3. The van der Waals surface area contributed by atoms with Gasteiger partial charge < -0.3 is 10.8 Å². The van der Waals surface area contributed by atoms with Crippen molar-refractivity contribution in [2.45, 2.75) is 39.2 Å². The predicted molar refractivity (Wildman–Crippen MR) is 145 cm³/mol. The van der Waals surface area contributed by atoms with Gasteiger partial charge in [0, 0.05) is 35.5 Å². The first-order valence-corrected chi connectivity index (χ1v) is 12.3. The second kappa shape index (κ2) is 9.88. The molecule has 1 amide bonds. The summed E-state index contributed by atoms with van der Waals surface area (Å²) in [5.41, 5.74) is 7.67. The van der Waals surface area contributed by atoms with E-state index in [4.69, 9.17) is 5.73 Å². The van der Waals surface area contributed by atoms with Crippen LogP contribution in [0.3, 0.4) is 0 Å². The van der Waals surface area contributed by atoms with Crippen LogP contribution in [0.1, 0.15) is 53.6 Å². The molecule has 198 valence electrons. The molecule has 0 bridgehead atoms. The fourth-order valence-corrected chi connectivity index (χ4v) is 4.52. The molecule has 9 nitrogen and oxygen atoms in total. The molecule has 0 radical (unpaired) electrons. The van der Waals surface area contributed by atoms with Crippen LogP contribution in [0.25, 0.3) is 22.1 Å². The molecule has 0 saturated heterocycles. The SMILES string of the molecule is CC(C)(C)c1cc(F)c2c(=O)n(-c3cccc(-n4cc(C(N)=O)c(Cc5ccccn5)n4)c3CO)ncc2c1. The molecule has 0 aliphatic heterocycles. The number of carbonyl (C=O) groups excluding carboxylic acids is 1. The third kappa shape index (κ3) is 4.82. The Hall–Kier alpha value is -4.70. The van der Waals surface area contributed by atoms with Crippen molar-refractivity contribution in [3.63, 3.8) is 0 Å². The van der Waals surface area contributed by atoms with E-state index in [1.807, 2.05) is 32.9 Å². The van der Waals surface area contributed by atoms with Crippen LogP contribution in [0.2, 0.25) is 0 Å². The largest absolute Gasteiger partial charge is 0.392 e. The van der Waals surface area contributed by atoms with Gasteiger partial charge in [0.15, 0.2) is 0 Å². The van der Waals surface area contributed by atoms with E-state index in [1.54, 1.807) is 36.5 Å². The van der Waals surface area contributed by atoms with Crippen LogP contribution in [0, 0.1) is 5.82 Å². The van der Waals surface area contributed by atoms with Crippen LogP contribution >= 0.6 is 0 Å². The summed E-state index contributed by atoms with van der Waals surface area (Å²) >= 11 is 0. The van der Waals surface area contributed by atoms with Crippen LogP contribution in [0.15, 0.2) is 71.9 Å². The van der Waals surface area contributed by atoms with E-state index >= 15 is 4.39 Å². The zero-order chi connectivity index (χ0) is 27.9. The van der Waals surface area contributed by atoms with Crippen molar-refractivity contribution in [3.8, 4) is 11.4 Å². The average molecular weight is 527 g/mol. The topological polar surface area (TPSA) is 129 Å². The highest BCUT2D eigenvalue weighted by Gasteiger charge is 2.22. The molecule has 0 spiro atoms. The number of aromatic nitrogens is 5. The molecule has 5 aromatic rings. The lowest BCUT2D eigenvalue weighted by Gasteiger charge is -2.20. The Morgan fingerprint density at radius 2 is 1.87 bits per heavy atom. The molecule has 3 N–H and O–H groups in total. The quantitative estimate of drug-likeness (QED) is 0.348. The number of carbonyl (C=O) groups is 1. The van der Waals surface area contributed by atoms with E-state index < -0.39 is 23.9 Å². The second-order valence-electron chi connectivity index (χ2n) is 10.3. The van der Waals surface area contributed by atoms with Crippen LogP contribution in [0.4, 0.5) is 4.39 Å². The van der Waals surface area contributed by atoms with Gasteiger partial charge >= 0.3 is 0 Å². The summed E-state index contributed by atoms with van der Waals surface area (Å²) in [6.07, 6.45) is 4.82. The van der Waals surface area contributed by atoms with Gasteiger partial charge in [-0.25, -0.2) is 9.07 Å². The molecule has 3 aromatic heterocycles. The van der Waals surface area contributed by atoms with Crippen molar-refractivity contribution in [1.29, 1.82) is 0 Å². The van der Waals surface area contributed by atoms with Crippen molar-refractivity contribution >= 4 is 16.7 Å². The number of nitrogens with zero attached hydrogens (tertiary/aromatic N) is 5. The zero-order valence-corrected chi connectivity index (χ0v) is 21.7. The van der Waals surface area contributed by atoms with Crippen molar-refractivity contribution < 1.29 is 14.3 Å². The van der Waals surface area contributed by atoms with Crippen LogP contribution in [0.5, 0.6) is 0 Å². The Morgan fingerprint density at radius 3 is 2.54 bits per heavy atom. The highest BCUT2D eigenvalue weighted by molar-refractivity contribution is 5.94. The minimum atomic E-state index is -0.661. The fourth-order valence-electron chi connectivity index (χ4n) is 4.52. The zero-order valence-electron chi connectivity index (χ0n) is 21.7. The summed E-state index contributed by atoms with van der Waals surface area (Å²) < 4.78 is 17.7. The summed E-state index contributed by atoms with van der Waals surface area (Å²) in [5, 5.41) is 19.5. The van der Waals surface area contributed by atoms with Crippen LogP contribution < -0.4 is 11.3 Å². The lowest BCUT2D eigenvalue weighted by molar-refractivity contribution is 0.0999. The fraction of sp³-hybridized carbons (Fsp3) is 0.207. The molecule has 0 unspecified atom stereocenters. The van der Waals surface area contributed by atoms with Gasteiger partial charge in [-0.2, -0.15) is 14.9 Å². The Labute approximate surface area is 223 Å². The van der Waals surface area contributed by atoms with Gasteiger partial charge in [-0.3, -0.25) is 14.6 Å². The lowest BCUT2D eigenvalue weighted by Crippen LogP contribution is -2.24. The Kier molecular flexibility index (Phi) is 6.57. The molecule has 39 heavy (non-hydrogen) atoms. The number of nitrogens with two attached hydrogens (primary N) is 1. The van der Waals surface area contributed by atoms with Crippen LogP contribution in [-0.2, 0) is 18.4 Å². The van der Waals surface area contributed by atoms with Gasteiger partial charge in [0.1, 0.15) is 5.82 Å². The molecule has 5 rings (SSSR count). The number of aliphatic hydroxyl groups excluding tert-OH is 1. The Balaban J connectivity index is 1.65. The molecule has 0 saturated carbocycles. The smallest absolute Gasteiger partial charge is 0.282 e.